The maximum absolute atomic E-state index is 2.53. The lowest BCUT2D eigenvalue weighted by molar-refractivity contribution is 0.103. The number of hydrogen-bond donors (Lipinski definition) is 0. The van der Waals surface area contributed by atoms with Crippen LogP contribution in [0.2, 0.25) is 0 Å². The molecule has 1 fully saturated rings. The molecular formula is C15H30. The zero-order valence-corrected chi connectivity index (χ0v) is 11.5. The van der Waals surface area contributed by atoms with Crippen LogP contribution in [0.5, 0.6) is 0 Å². The van der Waals surface area contributed by atoms with E-state index in [1.807, 2.05) is 0 Å². The monoisotopic (exact) mass is 210 g/mol. The van der Waals surface area contributed by atoms with Crippen LogP contribution in [-0.2, 0) is 0 Å². The molecule has 0 aromatic rings. The first-order valence-corrected chi connectivity index (χ1v) is 7.02. The van der Waals surface area contributed by atoms with Gasteiger partial charge in [0.2, 0.25) is 0 Å². The molecule has 0 bridgehead atoms. The Labute approximate surface area is 96.8 Å². The Bertz CT molecular complexity index is 174. The SMILES string of the molecule is CCCC(CC)C(C)(C)C1CCC(C)C1. The lowest BCUT2D eigenvalue weighted by Crippen LogP contribution is -2.31. The van der Waals surface area contributed by atoms with E-state index in [1.54, 1.807) is 0 Å². The van der Waals surface area contributed by atoms with E-state index in [9.17, 15) is 0 Å². The molecule has 3 unspecified atom stereocenters. The molecule has 15 heavy (non-hydrogen) atoms. The first-order chi connectivity index (χ1) is 7.02. The van der Waals surface area contributed by atoms with Crippen molar-refractivity contribution >= 4 is 0 Å². The van der Waals surface area contributed by atoms with E-state index in [4.69, 9.17) is 0 Å². The third kappa shape index (κ3) is 2.98. The lowest BCUT2D eigenvalue weighted by atomic mass is 9.66. The van der Waals surface area contributed by atoms with Gasteiger partial charge in [-0.25, -0.2) is 0 Å². The van der Waals surface area contributed by atoms with Gasteiger partial charge in [-0.3, -0.25) is 0 Å². The third-order valence-electron chi connectivity index (χ3n) is 4.93. The predicted molar refractivity (Wildman–Crippen MR) is 69.0 cm³/mol. The minimum absolute atomic E-state index is 0.579. The van der Waals surface area contributed by atoms with Crippen molar-refractivity contribution in [2.75, 3.05) is 0 Å². The van der Waals surface area contributed by atoms with Crippen LogP contribution in [0, 0.1) is 23.2 Å². The van der Waals surface area contributed by atoms with E-state index in [-0.39, 0.29) is 0 Å². The smallest absolute Gasteiger partial charge is 0.0298 e. The summed E-state index contributed by atoms with van der Waals surface area (Å²) in [7, 11) is 0. The Morgan fingerprint density at radius 2 is 1.87 bits per heavy atom. The van der Waals surface area contributed by atoms with Crippen LogP contribution in [0.15, 0.2) is 0 Å². The van der Waals surface area contributed by atoms with Gasteiger partial charge in [-0.1, -0.05) is 60.3 Å². The van der Waals surface area contributed by atoms with Crippen LogP contribution in [-0.4, -0.2) is 0 Å². The summed E-state index contributed by atoms with van der Waals surface area (Å²) >= 11 is 0. The highest BCUT2D eigenvalue weighted by Gasteiger charge is 2.38. The molecule has 3 atom stereocenters. The zero-order chi connectivity index (χ0) is 11.5. The minimum Gasteiger partial charge on any atom is -0.0654 e. The van der Waals surface area contributed by atoms with Crippen molar-refractivity contribution in [3.8, 4) is 0 Å². The van der Waals surface area contributed by atoms with E-state index in [0.717, 1.165) is 17.8 Å². The third-order valence-corrected chi connectivity index (χ3v) is 4.93. The Morgan fingerprint density at radius 3 is 2.27 bits per heavy atom. The molecule has 0 amide bonds. The normalized spacial score (nSPS) is 29.4. The van der Waals surface area contributed by atoms with Gasteiger partial charge >= 0.3 is 0 Å². The second kappa shape index (κ2) is 5.37. The molecule has 0 radical (unpaired) electrons. The molecule has 0 aromatic carbocycles. The van der Waals surface area contributed by atoms with E-state index in [2.05, 4.69) is 34.6 Å². The average molecular weight is 210 g/mol. The Hall–Kier alpha value is 0. The molecule has 1 aliphatic rings. The van der Waals surface area contributed by atoms with Gasteiger partial charge in [0.05, 0.1) is 0 Å². The second-order valence-corrected chi connectivity index (χ2v) is 6.33. The first kappa shape index (κ1) is 13.1. The molecular weight excluding hydrogens is 180 g/mol. The molecule has 0 saturated heterocycles. The summed E-state index contributed by atoms with van der Waals surface area (Å²) < 4.78 is 0. The average Bonchev–Trinajstić information content (AvgIpc) is 2.61. The molecule has 0 aliphatic heterocycles. The van der Waals surface area contributed by atoms with Crippen molar-refractivity contribution in [3.05, 3.63) is 0 Å². The van der Waals surface area contributed by atoms with Crippen molar-refractivity contribution < 1.29 is 0 Å². The largest absolute Gasteiger partial charge is 0.0654 e. The minimum atomic E-state index is 0.579. The van der Waals surface area contributed by atoms with Crippen LogP contribution in [0.4, 0.5) is 0 Å². The highest BCUT2D eigenvalue weighted by molar-refractivity contribution is 4.88. The molecule has 1 saturated carbocycles. The Kier molecular flexibility index (Phi) is 4.67. The highest BCUT2D eigenvalue weighted by atomic mass is 14.4. The maximum Gasteiger partial charge on any atom is -0.0298 e. The van der Waals surface area contributed by atoms with Crippen LogP contribution >= 0.6 is 0 Å². The quantitative estimate of drug-likeness (QED) is 0.579. The van der Waals surface area contributed by atoms with Crippen LogP contribution in [0.1, 0.15) is 73.1 Å². The predicted octanol–water partition coefficient (Wildman–Crippen LogP) is 5.28. The van der Waals surface area contributed by atoms with E-state index >= 15 is 0 Å². The van der Waals surface area contributed by atoms with Crippen molar-refractivity contribution in [2.24, 2.45) is 23.2 Å². The van der Waals surface area contributed by atoms with Crippen molar-refractivity contribution in [3.63, 3.8) is 0 Å². The van der Waals surface area contributed by atoms with E-state index in [1.165, 1.54) is 38.5 Å². The molecule has 90 valence electrons. The summed E-state index contributed by atoms with van der Waals surface area (Å²) in [5.41, 5.74) is 0.579. The fourth-order valence-corrected chi connectivity index (χ4v) is 3.67. The van der Waals surface area contributed by atoms with Crippen molar-refractivity contribution in [1.82, 2.24) is 0 Å². The molecule has 0 heteroatoms. The molecule has 0 nitrogen and oxygen atoms in total. The summed E-state index contributed by atoms with van der Waals surface area (Å²) in [6, 6.07) is 0. The molecule has 0 heterocycles. The standard InChI is InChI=1S/C15H30/c1-6-8-13(7-2)15(4,5)14-10-9-12(3)11-14/h12-14H,6-11H2,1-5H3. The van der Waals surface area contributed by atoms with Gasteiger partial charge in [-0.15, -0.1) is 0 Å². The van der Waals surface area contributed by atoms with Gasteiger partial charge in [0.1, 0.15) is 0 Å². The zero-order valence-electron chi connectivity index (χ0n) is 11.5. The van der Waals surface area contributed by atoms with Crippen LogP contribution < -0.4 is 0 Å². The molecule has 0 spiro atoms. The van der Waals surface area contributed by atoms with Crippen molar-refractivity contribution in [2.45, 2.75) is 73.1 Å². The van der Waals surface area contributed by atoms with Gasteiger partial charge in [0.25, 0.3) is 0 Å². The summed E-state index contributed by atoms with van der Waals surface area (Å²) in [6.07, 6.45) is 8.57. The molecule has 0 aromatic heterocycles. The Morgan fingerprint density at radius 1 is 1.20 bits per heavy atom. The molecule has 1 aliphatic carbocycles. The van der Waals surface area contributed by atoms with Crippen LogP contribution in [0.3, 0.4) is 0 Å². The van der Waals surface area contributed by atoms with Gasteiger partial charge in [0, 0.05) is 0 Å². The van der Waals surface area contributed by atoms with Crippen molar-refractivity contribution in [1.29, 1.82) is 0 Å². The van der Waals surface area contributed by atoms with E-state index < -0.39 is 0 Å². The number of rotatable bonds is 5. The first-order valence-electron chi connectivity index (χ1n) is 7.02. The molecule has 0 N–H and O–H groups in total. The van der Waals surface area contributed by atoms with Gasteiger partial charge < -0.3 is 0 Å². The maximum atomic E-state index is 2.53. The topological polar surface area (TPSA) is 0 Å². The fourth-order valence-electron chi connectivity index (χ4n) is 3.67. The second-order valence-electron chi connectivity index (χ2n) is 6.33. The summed E-state index contributed by atoms with van der Waals surface area (Å²) in [4.78, 5) is 0. The van der Waals surface area contributed by atoms with Gasteiger partial charge in [-0.2, -0.15) is 0 Å². The van der Waals surface area contributed by atoms with Crippen LogP contribution in [0.25, 0.3) is 0 Å². The van der Waals surface area contributed by atoms with Gasteiger partial charge in [-0.05, 0) is 36.0 Å². The summed E-state index contributed by atoms with van der Waals surface area (Å²) in [5.74, 6) is 2.91. The Balaban J connectivity index is 2.62. The highest BCUT2D eigenvalue weighted by Crippen LogP contribution is 2.48. The fraction of sp³-hybridized carbons (Fsp3) is 1.00. The lowest BCUT2D eigenvalue weighted by Gasteiger charge is -2.39. The van der Waals surface area contributed by atoms with E-state index in [0.29, 0.717) is 5.41 Å². The van der Waals surface area contributed by atoms with Gasteiger partial charge in [0.15, 0.2) is 0 Å². The summed E-state index contributed by atoms with van der Waals surface area (Å²) in [6.45, 7) is 12.2. The number of hydrogen-bond acceptors (Lipinski definition) is 0. The summed E-state index contributed by atoms with van der Waals surface area (Å²) in [5, 5.41) is 0. The molecule has 1 rings (SSSR count).